The minimum atomic E-state index is 0.507. The Labute approximate surface area is 148 Å². The maximum absolute atomic E-state index is 5.94. The first kappa shape index (κ1) is 15.9. The standard InChI is InChI=1S/C21H23N3O/c1-2-5-17(6-3-1)16-25-21-8-4-7-18(13-21)19-14-23-24(15-19)20-9-11-22-12-10-20/h1-8,13-15,20,22H,9-12,16H2. The zero-order valence-corrected chi connectivity index (χ0v) is 14.3. The molecule has 128 valence electrons. The van der Waals surface area contributed by atoms with Gasteiger partial charge in [-0.15, -0.1) is 0 Å². The number of benzene rings is 2. The van der Waals surface area contributed by atoms with Crippen molar-refractivity contribution in [3.63, 3.8) is 0 Å². The molecule has 1 aromatic heterocycles. The average molecular weight is 333 g/mol. The molecule has 0 amide bonds. The molecule has 0 saturated carbocycles. The van der Waals surface area contributed by atoms with Crippen LogP contribution in [-0.4, -0.2) is 22.9 Å². The summed E-state index contributed by atoms with van der Waals surface area (Å²) in [6.45, 7) is 2.73. The van der Waals surface area contributed by atoms with Crippen LogP contribution in [-0.2, 0) is 6.61 Å². The van der Waals surface area contributed by atoms with Gasteiger partial charge in [0.15, 0.2) is 0 Å². The Morgan fingerprint density at radius 2 is 1.84 bits per heavy atom. The van der Waals surface area contributed by atoms with Gasteiger partial charge in [0.2, 0.25) is 0 Å². The van der Waals surface area contributed by atoms with Crippen LogP contribution in [0.15, 0.2) is 67.0 Å². The Hall–Kier alpha value is -2.59. The average Bonchev–Trinajstić information content (AvgIpc) is 3.18. The SMILES string of the molecule is c1ccc(COc2cccc(-c3cnn(C4CCNCC4)c3)c2)cc1. The summed E-state index contributed by atoms with van der Waals surface area (Å²) in [7, 11) is 0. The Kier molecular flexibility index (Phi) is 4.79. The van der Waals surface area contributed by atoms with Crippen LogP contribution in [0.25, 0.3) is 11.1 Å². The maximum atomic E-state index is 5.94. The highest BCUT2D eigenvalue weighted by atomic mass is 16.5. The van der Waals surface area contributed by atoms with Crippen molar-refractivity contribution in [2.24, 2.45) is 0 Å². The fourth-order valence-electron chi connectivity index (χ4n) is 3.26. The first-order valence-electron chi connectivity index (χ1n) is 8.90. The molecule has 4 heteroatoms. The van der Waals surface area contributed by atoms with E-state index in [0.717, 1.165) is 42.8 Å². The summed E-state index contributed by atoms with van der Waals surface area (Å²) in [6.07, 6.45) is 6.40. The van der Waals surface area contributed by atoms with E-state index in [1.54, 1.807) is 0 Å². The lowest BCUT2D eigenvalue weighted by atomic mass is 10.1. The zero-order valence-electron chi connectivity index (χ0n) is 14.3. The molecule has 4 rings (SSSR count). The number of nitrogens with one attached hydrogen (secondary N) is 1. The lowest BCUT2D eigenvalue weighted by Gasteiger charge is -2.22. The van der Waals surface area contributed by atoms with Crippen molar-refractivity contribution in [1.82, 2.24) is 15.1 Å². The first-order chi connectivity index (χ1) is 12.4. The van der Waals surface area contributed by atoms with Crippen LogP contribution in [0.5, 0.6) is 5.75 Å². The van der Waals surface area contributed by atoms with Crippen LogP contribution in [0.4, 0.5) is 0 Å². The lowest BCUT2D eigenvalue weighted by molar-refractivity contribution is 0.306. The van der Waals surface area contributed by atoms with Crippen LogP contribution in [0.2, 0.25) is 0 Å². The van der Waals surface area contributed by atoms with Gasteiger partial charge in [-0.3, -0.25) is 4.68 Å². The van der Waals surface area contributed by atoms with Crippen molar-refractivity contribution in [3.8, 4) is 16.9 Å². The second kappa shape index (κ2) is 7.53. The maximum Gasteiger partial charge on any atom is 0.120 e. The Morgan fingerprint density at radius 1 is 1.00 bits per heavy atom. The van der Waals surface area contributed by atoms with E-state index in [2.05, 4.69) is 45.6 Å². The van der Waals surface area contributed by atoms with Crippen molar-refractivity contribution in [2.45, 2.75) is 25.5 Å². The molecule has 25 heavy (non-hydrogen) atoms. The number of ether oxygens (including phenoxy) is 1. The third kappa shape index (κ3) is 3.91. The van der Waals surface area contributed by atoms with Gasteiger partial charge in [0.25, 0.3) is 0 Å². The van der Waals surface area contributed by atoms with Crippen molar-refractivity contribution >= 4 is 0 Å². The Balaban J connectivity index is 1.46. The van der Waals surface area contributed by atoms with Gasteiger partial charge >= 0.3 is 0 Å². The number of piperidine rings is 1. The van der Waals surface area contributed by atoms with Gasteiger partial charge in [0.1, 0.15) is 12.4 Å². The molecule has 0 spiro atoms. The van der Waals surface area contributed by atoms with Gasteiger partial charge in [0.05, 0.1) is 12.2 Å². The normalized spacial score (nSPS) is 15.2. The van der Waals surface area contributed by atoms with Crippen LogP contribution >= 0.6 is 0 Å². The summed E-state index contributed by atoms with van der Waals surface area (Å²) >= 11 is 0. The van der Waals surface area contributed by atoms with Gasteiger partial charge in [-0.25, -0.2) is 0 Å². The van der Waals surface area contributed by atoms with E-state index in [4.69, 9.17) is 4.74 Å². The molecule has 0 unspecified atom stereocenters. The fraction of sp³-hybridized carbons (Fsp3) is 0.286. The Bertz CT molecular complexity index is 807. The zero-order chi connectivity index (χ0) is 16.9. The van der Waals surface area contributed by atoms with E-state index in [0.29, 0.717) is 12.6 Å². The minimum absolute atomic E-state index is 0.507. The predicted molar refractivity (Wildman–Crippen MR) is 99.6 cm³/mol. The van der Waals surface area contributed by atoms with E-state index in [1.165, 1.54) is 5.56 Å². The molecule has 2 aromatic carbocycles. The van der Waals surface area contributed by atoms with Gasteiger partial charge in [0, 0.05) is 11.8 Å². The number of nitrogens with zero attached hydrogens (tertiary/aromatic N) is 2. The second-order valence-corrected chi connectivity index (χ2v) is 6.49. The monoisotopic (exact) mass is 333 g/mol. The molecule has 2 heterocycles. The van der Waals surface area contributed by atoms with E-state index in [-0.39, 0.29) is 0 Å². The summed E-state index contributed by atoms with van der Waals surface area (Å²) < 4.78 is 8.06. The van der Waals surface area contributed by atoms with E-state index >= 15 is 0 Å². The van der Waals surface area contributed by atoms with Crippen molar-refractivity contribution in [3.05, 3.63) is 72.6 Å². The molecule has 1 saturated heterocycles. The summed E-state index contributed by atoms with van der Waals surface area (Å²) in [5.74, 6) is 0.885. The number of aromatic nitrogens is 2. The summed E-state index contributed by atoms with van der Waals surface area (Å²) in [4.78, 5) is 0. The quantitative estimate of drug-likeness (QED) is 0.765. The third-order valence-electron chi connectivity index (χ3n) is 4.70. The summed E-state index contributed by atoms with van der Waals surface area (Å²) in [6, 6.07) is 19.0. The molecule has 4 nitrogen and oxygen atoms in total. The minimum Gasteiger partial charge on any atom is -0.489 e. The van der Waals surface area contributed by atoms with Crippen LogP contribution < -0.4 is 10.1 Å². The molecule has 0 aliphatic carbocycles. The highest BCUT2D eigenvalue weighted by Crippen LogP contribution is 2.26. The number of hydrogen-bond donors (Lipinski definition) is 1. The molecule has 0 bridgehead atoms. The number of rotatable bonds is 5. The van der Waals surface area contributed by atoms with Crippen molar-refractivity contribution in [2.75, 3.05) is 13.1 Å². The first-order valence-corrected chi connectivity index (χ1v) is 8.90. The third-order valence-corrected chi connectivity index (χ3v) is 4.70. The van der Waals surface area contributed by atoms with E-state index in [1.807, 2.05) is 36.5 Å². The van der Waals surface area contributed by atoms with Gasteiger partial charge in [-0.05, 0) is 49.2 Å². The smallest absolute Gasteiger partial charge is 0.120 e. The molecule has 1 aliphatic rings. The number of hydrogen-bond acceptors (Lipinski definition) is 3. The fourth-order valence-corrected chi connectivity index (χ4v) is 3.26. The molecular weight excluding hydrogens is 310 g/mol. The van der Waals surface area contributed by atoms with E-state index in [9.17, 15) is 0 Å². The predicted octanol–water partition coefficient (Wildman–Crippen LogP) is 4.05. The lowest BCUT2D eigenvalue weighted by Crippen LogP contribution is -2.29. The molecular formula is C21H23N3O. The van der Waals surface area contributed by atoms with Crippen LogP contribution in [0.1, 0.15) is 24.4 Å². The second-order valence-electron chi connectivity index (χ2n) is 6.49. The molecule has 1 N–H and O–H groups in total. The largest absolute Gasteiger partial charge is 0.489 e. The topological polar surface area (TPSA) is 39.1 Å². The molecule has 0 radical (unpaired) electrons. The van der Waals surface area contributed by atoms with Gasteiger partial charge < -0.3 is 10.1 Å². The molecule has 3 aromatic rings. The van der Waals surface area contributed by atoms with Crippen LogP contribution in [0, 0.1) is 0 Å². The highest BCUT2D eigenvalue weighted by molar-refractivity contribution is 5.63. The van der Waals surface area contributed by atoms with E-state index < -0.39 is 0 Å². The van der Waals surface area contributed by atoms with Gasteiger partial charge in [-0.2, -0.15) is 5.10 Å². The molecule has 0 atom stereocenters. The van der Waals surface area contributed by atoms with Crippen molar-refractivity contribution < 1.29 is 4.74 Å². The highest BCUT2D eigenvalue weighted by Gasteiger charge is 2.16. The Morgan fingerprint density at radius 3 is 2.68 bits per heavy atom. The van der Waals surface area contributed by atoms with Crippen molar-refractivity contribution in [1.29, 1.82) is 0 Å². The van der Waals surface area contributed by atoms with Gasteiger partial charge in [-0.1, -0.05) is 42.5 Å². The molecule has 1 aliphatic heterocycles. The molecule has 1 fully saturated rings. The summed E-state index contributed by atoms with van der Waals surface area (Å²) in [5.41, 5.74) is 3.46. The summed E-state index contributed by atoms with van der Waals surface area (Å²) in [5, 5.41) is 7.99. The van der Waals surface area contributed by atoms with Crippen LogP contribution in [0.3, 0.4) is 0 Å².